The Morgan fingerprint density at radius 2 is 1.83 bits per heavy atom. The molecule has 0 unspecified atom stereocenters. The summed E-state index contributed by atoms with van der Waals surface area (Å²) in [5.41, 5.74) is 2.59. The van der Waals surface area contributed by atoms with E-state index in [1.807, 2.05) is 13.0 Å². The largest absolute Gasteiger partial charge is 0.310 e. The lowest BCUT2D eigenvalue weighted by molar-refractivity contribution is -0.117. The SMILES string of the molecule is Cc1ccc(C)c(S(=O)(=O)Nc2ccccc2N2CCCC2=O)c1. The lowest BCUT2D eigenvalue weighted by atomic mass is 10.2. The Balaban J connectivity index is 1.99. The Morgan fingerprint density at radius 3 is 2.54 bits per heavy atom. The molecule has 1 aliphatic heterocycles. The molecular weight excluding hydrogens is 324 g/mol. The van der Waals surface area contributed by atoms with Gasteiger partial charge in [-0.3, -0.25) is 9.52 Å². The minimum absolute atomic E-state index is 0.0217. The third-order valence-corrected chi connectivity index (χ3v) is 5.65. The van der Waals surface area contributed by atoms with Crippen molar-refractivity contribution in [3.63, 3.8) is 0 Å². The van der Waals surface area contributed by atoms with Gasteiger partial charge in [-0.15, -0.1) is 0 Å². The van der Waals surface area contributed by atoms with Crippen LogP contribution in [0.2, 0.25) is 0 Å². The number of sulfonamides is 1. The number of nitrogens with one attached hydrogen (secondary N) is 1. The van der Waals surface area contributed by atoms with Crippen LogP contribution in [0.4, 0.5) is 11.4 Å². The van der Waals surface area contributed by atoms with E-state index < -0.39 is 10.0 Å². The molecule has 1 amide bonds. The second-order valence-corrected chi connectivity index (χ2v) is 7.69. The fourth-order valence-corrected chi connectivity index (χ4v) is 4.30. The van der Waals surface area contributed by atoms with Gasteiger partial charge in [0.1, 0.15) is 0 Å². The van der Waals surface area contributed by atoms with Crippen LogP contribution in [0.5, 0.6) is 0 Å². The monoisotopic (exact) mass is 344 g/mol. The van der Waals surface area contributed by atoms with E-state index >= 15 is 0 Å². The number of benzene rings is 2. The normalized spacial score (nSPS) is 14.9. The van der Waals surface area contributed by atoms with Crippen molar-refractivity contribution in [1.82, 2.24) is 0 Å². The molecule has 2 aromatic rings. The van der Waals surface area contributed by atoms with E-state index in [9.17, 15) is 13.2 Å². The van der Waals surface area contributed by atoms with Gasteiger partial charge in [-0.25, -0.2) is 8.42 Å². The number of aryl methyl sites for hydroxylation is 2. The lowest BCUT2D eigenvalue weighted by Gasteiger charge is -2.20. The highest BCUT2D eigenvalue weighted by atomic mass is 32.2. The van der Waals surface area contributed by atoms with Gasteiger partial charge in [0, 0.05) is 13.0 Å². The number of para-hydroxylation sites is 2. The zero-order valence-electron chi connectivity index (χ0n) is 13.7. The van der Waals surface area contributed by atoms with E-state index in [0.717, 1.165) is 12.0 Å². The molecule has 1 fully saturated rings. The van der Waals surface area contributed by atoms with Gasteiger partial charge in [0.2, 0.25) is 5.91 Å². The number of carbonyl (C=O) groups excluding carboxylic acids is 1. The molecule has 0 radical (unpaired) electrons. The fourth-order valence-electron chi connectivity index (χ4n) is 2.89. The minimum atomic E-state index is -3.72. The second kappa shape index (κ2) is 6.28. The van der Waals surface area contributed by atoms with Crippen LogP contribution in [0.15, 0.2) is 47.4 Å². The first-order valence-corrected chi connectivity index (χ1v) is 9.36. The number of hydrogen-bond acceptors (Lipinski definition) is 3. The van der Waals surface area contributed by atoms with Crippen LogP contribution in [0.1, 0.15) is 24.0 Å². The van der Waals surface area contributed by atoms with Crippen LogP contribution >= 0.6 is 0 Å². The molecule has 1 heterocycles. The summed E-state index contributed by atoms with van der Waals surface area (Å²) in [7, 11) is -3.72. The zero-order valence-corrected chi connectivity index (χ0v) is 14.6. The molecule has 1 aliphatic rings. The van der Waals surface area contributed by atoms with E-state index in [4.69, 9.17) is 0 Å². The molecule has 0 atom stereocenters. The van der Waals surface area contributed by atoms with E-state index in [1.54, 1.807) is 48.2 Å². The molecule has 24 heavy (non-hydrogen) atoms. The zero-order chi connectivity index (χ0) is 17.3. The Kier molecular flexibility index (Phi) is 4.32. The highest BCUT2D eigenvalue weighted by Gasteiger charge is 2.25. The van der Waals surface area contributed by atoms with Gasteiger partial charge in [0.05, 0.1) is 16.3 Å². The second-order valence-electron chi connectivity index (χ2n) is 6.04. The smallest absolute Gasteiger partial charge is 0.262 e. The quantitative estimate of drug-likeness (QED) is 0.926. The van der Waals surface area contributed by atoms with Gasteiger partial charge < -0.3 is 4.90 Å². The first-order valence-electron chi connectivity index (χ1n) is 7.88. The van der Waals surface area contributed by atoms with Gasteiger partial charge >= 0.3 is 0 Å². The molecule has 0 aliphatic carbocycles. The Labute approximate surface area is 142 Å². The van der Waals surface area contributed by atoms with Crippen molar-refractivity contribution < 1.29 is 13.2 Å². The maximum Gasteiger partial charge on any atom is 0.262 e. The number of anilines is 2. The van der Waals surface area contributed by atoms with E-state index in [2.05, 4.69) is 4.72 Å². The molecule has 1 N–H and O–H groups in total. The van der Waals surface area contributed by atoms with E-state index in [0.29, 0.717) is 29.9 Å². The van der Waals surface area contributed by atoms with Crippen molar-refractivity contribution in [3.8, 4) is 0 Å². The molecule has 5 nitrogen and oxygen atoms in total. The van der Waals surface area contributed by atoms with Crippen LogP contribution in [0, 0.1) is 13.8 Å². The standard InChI is InChI=1S/C18H20N2O3S/c1-13-9-10-14(2)17(12-13)24(22,23)19-15-6-3-4-7-16(15)20-11-5-8-18(20)21/h3-4,6-7,9-10,12,19H,5,8,11H2,1-2H3. The minimum Gasteiger partial charge on any atom is -0.310 e. The topological polar surface area (TPSA) is 66.5 Å². The molecule has 0 aromatic heterocycles. The van der Waals surface area contributed by atoms with Crippen molar-refractivity contribution in [2.45, 2.75) is 31.6 Å². The van der Waals surface area contributed by atoms with Gasteiger partial charge in [0.25, 0.3) is 10.0 Å². The number of nitrogens with zero attached hydrogens (tertiary/aromatic N) is 1. The average molecular weight is 344 g/mol. The van der Waals surface area contributed by atoms with Crippen LogP contribution in [-0.4, -0.2) is 20.9 Å². The average Bonchev–Trinajstić information content (AvgIpc) is 2.96. The van der Waals surface area contributed by atoms with Crippen molar-refractivity contribution >= 4 is 27.3 Å². The summed E-state index contributed by atoms with van der Waals surface area (Å²) in [6, 6.07) is 12.3. The van der Waals surface area contributed by atoms with Crippen molar-refractivity contribution in [2.24, 2.45) is 0 Å². The number of amides is 1. The highest BCUT2D eigenvalue weighted by molar-refractivity contribution is 7.92. The summed E-state index contributed by atoms with van der Waals surface area (Å²) in [6.45, 7) is 4.24. The first-order chi connectivity index (χ1) is 11.4. The molecule has 0 bridgehead atoms. The third-order valence-electron chi connectivity index (χ3n) is 4.15. The van der Waals surface area contributed by atoms with Crippen LogP contribution < -0.4 is 9.62 Å². The van der Waals surface area contributed by atoms with Gasteiger partial charge in [-0.1, -0.05) is 24.3 Å². The molecule has 3 rings (SSSR count). The number of carbonyl (C=O) groups is 1. The fraction of sp³-hybridized carbons (Fsp3) is 0.278. The summed E-state index contributed by atoms with van der Waals surface area (Å²) < 4.78 is 28.3. The Morgan fingerprint density at radius 1 is 1.08 bits per heavy atom. The van der Waals surface area contributed by atoms with Gasteiger partial charge in [0.15, 0.2) is 0 Å². The molecule has 1 saturated heterocycles. The number of hydrogen-bond donors (Lipinski definition) is 1. The third kappa shape index (κ3) is 3.14. The van der Waals surface area contributed by atoms with Crippen LogP contribution in [0.25, 0.3) is 0 Å². The highest BCUT2D eigenvalue weighted by Crippen LogP contribution is 2.31. The van der Waals surface area contributed by atoms with Gasteiger partial charge in [-0.2, -0.15) is 0 Å². The van der Waals surface area contributed by atoms with Crippen molar-refractivity contribution in [2.75, 3.05) is 16.2 Å². The molecular formula is C18H20N2O3S. The van der Waals surface area contributed by atoms with Crippen molar-refractivity contribution in [1.29, 1.82) is 0 Å². The summed E-state index contributed by atoms with van der Waals surface area (Å²) >= 11 is 0. The Hall–Kier alpha value is -2.34. The van der Waals surface area contributed by atoms with E-state index in [1.165, 1.54) is 0 Å². The summed E-state index contributed by atoms with van der Waals surface area (Å²) in [4.78, 5) is 13.9. The maximum absolute atomic E-state index is 12.8. The summed E-state index contributed by atoms with van der Waals surface area (Å²) in [6.07, 6.45) is 1.29. The molecule has 2 aromatic carbocycles. The Bertz CT molecular complexity index is 891. The van der Waals surface area contributed by atoms with E-state index in [-0.39, 0.29) is 10.8 Å². The molecule has 6 heteroatoms. The predicted molar refractivity (Wildman–Crippen MR) is 94.8 cm³/mol. The lowest BCUT2D eigenvalue weighted by Crippen LogP contribution is -2.25. The maximum atomic E-state index is 12.8. The van der Waals surface area contributed by atoms with Crippen LogP contribution in [-0.2, 0) is 14.8 Å². The summed E-state index contributed by atoms with van der Waals surface area (Å²) in [5, 5.41) is 0. The first kappa shape index (κ1) is 16.5. The van der Waals surface area contributed by atoms with Gasteiger partial charge in [-0.05, 0) is 49.6 Å². The summed E-state index contributed by atoms with van der Waals surface area (Å²) in [5.74, 6) is 0.0217. The van der Waals surface area contributed by atoms with Crippen LogP contribution in [0.3, 0.4) is 0 Å². The van der Waals surface area contributed by atoms with Crippen molar-refractivity contribution in [3.05, 3.63) is 53.6 Å². The molecule has 126 valence electrons. The molecule has 0 saturated carbocycles. The predicted octanol–water partition coefficient (Wildman–Crippen LogP) is 3.23. The molecule has 0 spiro atoms. The number of rotatable bonds is 4.